The Labute approximate surface area is 168 Å². The average molecular weight is 454 g/mol. The lowest BCUT2D eigenvalue weighted by Crippen LogP contribution is -2.32. The Morgan fingerprint density at radius 3 is 2.82 bits per heavy atom. The molecule has 2 aliphatic rings. The molecule has 2 heterocycles. The maximum absolute atomic E-state index is 14.9. The number of rotatable bonds is 6. The van der Waals surface area contributed by atoms with Gasteiger partial charge in [-0.2, -0.15) is 4.39 Å². The number of hydrogen-bond acceptors (Lipinski definition) is 4. The highest BCUT2D eigenvalue weighted by Gasteiger charge is 2.30. The summed E-state index contributed by atoms with van der Waals surface area (Å²) in [5, 5.41) is 2.60. The first-order chi connectivity index (χ1) is 13.5. The predicted molar refractivity (Wildman–Crippen MR) is 103 cm³/mol. The van der Waals surface area contributed by atoms with Crippen LogP contribution in [0.4, 0.5) is 20.2 Å². The summed E-state index contributed by atoms with van der Waals surface area (Å²) in [6, 6.07) is 4.18. The van der Waals surface area contributed by atoms with Crippen LogP contribution in [0.1, 0.15) is 35.3 Å². The Morgan fingerprint density at radius 2 is 2.11 bits per heavy atom. The van der Waals surface area contributed by atoms with Crippen LogP contribution in [0.2, 0.25) is 0 Å². The van der Waals surface area contributed by atoms with Gasteiger partial charge in [0, 0.05) is 16.7 Å². The van der Waals surface area contributed by atoms with Crippen molar-refractivity contribution in [1.82, 2.24) is 10.0 Å². The largest absolute Gasteiger partial charge is 0.350 e. The molecule has 0 spiro atoms. The second-order valence-electron chi connectivity index (χ2n) is 7.01. The Balaban J connectivity index is 1.73. The third-order valence-electron chi connectivity index (χ3n) is 4.91. The van der Waals surface area contributed by atoms with Gasteiger partial charge in [0.25, 0.3) is 11.5 Å². The molecule has 28 heavy (non-hydrogen) atoms. The van der Waals surface area contributed by atoms with E-state index in [0.29, 0.717) is 42.1 Å². The summed E-state index contributed by atoms with van der Waals surface area (Å²) in [4.78, 5) is 30.4. The number of anilines is 2. The fourth-order valence-electron chi connectivity index (χ4n) is 3.29. The molecular formula is C19H18BrF2N3O3. The molecule has 0 bridgehead atoms. The number of halogens is 3. The topological polar surface area (TPSA) is 72.4 Å². The number of benzene rings is 1. The molecule has 1 aromatic carbocycles. The third kappa shape index (κ3) is 3.68. The summed E-state index contributed by atoms with van der Waals surface area (Å²) in [5.74, 6) is -2.01. The molecule has 1 amide bonds. The van der Waals surface area contributed by atoms with Crippen molar-refractivity contribution in [1.29, 1.82) is 0 Å². The van der Waals surface area contributed by atoms with E-state index in [1.165, 1.54) is 16.7 Å². The monoisotopic (exact) mass is 453 g/mol. The van der Waals surface area contributed by atoms with Gasteiger partial charge in [-0.15, -0.1) is 0 Å². The maximum Gasteiger partial charge on any atom is 0.289 e. The Bertz CT molecular complexity index is 1000. The molecule has 1 fully saturated rings. The van der Waals surface area contributed by atoms with Crippen LogP contribution in [0.25, 0.3) is 0 Å². The number of carbonyl (C=O) groups is 1. The lowest BCUT2D eigenvalue weighted by atomic mass is 10.1. The van der Waals surface area contributed by atoms with Gasteiger partial charge in [0.05, 0.1) is 23.5 Å². The van der Waals surface area contributed by atoms with Crippen molar-refractivity contribution in [3.8, 4) is 0 Å². The van der Waals surface area contributed by atoms with Crippen LogP contribution in [0.3, 0.4) is 0 Å². The molecule has 6 nitrogen and oxygen atoms in total. The molecule has 4 rings (SSSR count). The summed E-state index contributed by atoms with van der Waals surface area (Å²) >= 11 is 3.16. The third-order valence-corrected chi connectivity index (χ3v) is 5.40. The van der Waals surface area contributed by atoms with E-state index < -0.39 is 23.1 Å². The highest BCUT2D eigenvalue weighted by molar-refractivity contribution is 9.10. The molecule has 1 saturated carbocycles. The molecule has 9 heteroatoms. The predicted octanol–water partition coefficient (Wildman–Crippen LogP) is 3.65. The SMILES string of the molecule is O=C(NOCC1CC1)c1c(Nc2ccc(Br)cc2F)c(F)c(=O)n2c1CCC2. The normalized spacial score (nSPS) is 15.4. The van der Waals surface area contributed by atoms with Crippen LogP contribution >= 0.6 is 15.9 Å². The number of fused-ring (bicyclic) bond motifs is 1. The molecule has 2 N–H and O–H groups in total. The standard InChI is InChI=1S/C19H18BrF2N3O3/c20-11-5-6-13(12(21)8-11)23-17-15(18(26)24-28-9-10-3-4-10)14-2-1-7-25(14)19(27)16(17)22/h5-6,8,10,23H,1-4,7,9H2,(H,24,26). The minimum atomic E-state index is -1.12. The van der Waals surface area contributed by atoms with E-state index in [1.54, 1.807) is 6.07 Å². The van der Waals surface area contributed by atoms with Crippen LogP contribution in [0, 0.1) is 17.6 Å². The van der Waals surface area contributed by atoms with Crippen molar-refractivity contribution < 1.29 is 18.4 Å². The minimum Gasteiger partial charge on any atom is -0.350 e. The summed E-state index contributed by atoms with van der Waals surface area (Å²) in [6.07, 6.45) is 3.17. The van der Waals surface area contributed by atoms with Gasteiger partial charge in [-0.3, -0.25) is 14.4 Å². The number of nitrogens with one attached hydrogen (secondary N) is 2. The van der Waals surface area contributed by atoms with Crippen LogP contribution in [-0.4, -0.2) is 17.1 Å². The van der Waals surface area contributed by atoms with Gasteiger partial charge in [0.15, 0.2) is 0 Å². The van der Waals surface area contributed by atoms with Gasteiger partial charge in [0.2, 0.25) is 5.82 Å². The summed E-state index contributed by atoms with van der Waals surface area (Å²) < 4.78 is 30.9. The number of pyridine rings is 1. The van der Waals surface area contributed by atoms with Crippen molar-refractivity contribution in [3.63, 3.8) is 0 Å². The van der Waals surface area contributed by atoms with Gasteiger partial charge in [-0.1, -0.05) is 15.9 Å². The first-order valence-corrected chi connectivity index (χ1v) is 9.84. The lowest BCUT2D eigenvalue weighted by molar-refractivity contribution is 0.0269. The molecule has 2 aromatic rings. The molecule has 148 valence electrons. The fraction of sp³-hybridized carbons (Fsp3) is 0.368. The van der Waals surface area contributed by atoms with Gasteiger partial charge >= 0.3 is 0 Å². The number of nitrogens with zero attached hydrogens (tertiary/aromatic N) is 1. The average Bonchev–Trinajstić information content (AvgIpc) is 3.35. The summed E-state index contributed by atoms with van der Waals surface area (Å²) in [7, 11) is 0. The molecular weight excluding hydrogens is 436 g/mol. The van der Waals surface area contributed by atoms with Crippen molar-refractivity contribution in [2.45, 2.75) is 32.2 Å². The second-order valence-corrected chi connectivity index (χ2v) is 7.92. The first kappa shape index (κ1) is 19.1. The maximum atomic E-state index is 14.9. The zero-order valence-corrected chi connectivity index (χ0v) is 16.4. The van der Waals surface area contributed by atoms with Gasteiger partial charge in [0.1, 0.15) is 5.82 Å². The molecule has 0 atom stereocenters. The highest BCUT2D eigenvalue weighted by Crippen LogP contribution is 2.31. The number of hydrogen-bond donors (Lipinski definition) is 2. The molecule has 1 aromatic heterocycles. The first-order valence-electron chi connectivity index (χ1n) is 9.05. The molecule has 0 unspecified atom stereocenters. The molecule has 0 radical (unpaired) electrons. The number of hydroxylamine groups is 1. The van der Waals surface area contributed by atoms with Crippen molar-refractivity contribution in [2.24, 2.45) is 5.92 Å². The van der Waals surface area contributed by atoms with Crippen LogP contribution in [-0.2, 0) is 17.8 Å². The second kappa shape index (κ2) is 7.63. The van der Waals surface area contributed by atoms with Gasteiger partial charge in [-0.05, 0) is 49.8 Å². The number of carbonyl (C=O) groups excluding carboxylic acids is 1. The Hall–Kier alpha value is -2.26. The smallest absolute Gasteiger partial charge is 0.289 e. The van der Waals surface area contributed by atoms with Crippen LogP contribution in [0.5, 0.6) is 0 Å². The van der Waals surface area contributed by atoms with E-state index in [2.05, 4.69) is 26.7 Å². The van der Waals surface area contributed by atoms with Gasteiger partial charge in [-0.25, -0.2) is 9.87 Å². The molecule has 1 aliphatic carbocycles. The highest BCUT2D eigenvalue weighted by atomic mass is 79.9. The Morgan fingerprint density at radius 1 is 1.32 bits per heavy atom. The fourth-order valence-corrected chi connectivity index (χ4v) is 3.62. The zero-order valence-electron chi connectivity index (χ0n) is 14.9. The van der Waals surface area contributed by atoms with Crippen molar-refractivity contribution >= 4 is 33.2 Å². The van der Waals surface area contributed by atoms with E-state index in [4.69, 9.17) is 4.84 Å². The van der Waals surface area contributed by atoms with E-state index in [1.807, 2.05) is 0 Å². The van der Waals surface area contributed by atoms with Gasteiger partial charge < -0.3 is 9.88 Å². The lowest BCUT2D eigenvalue weighted by Gasteiger charge is -2.18. The Kier molecular flexibility index (Phi) is 5.20. The minimum absolute atomic E-state index is 0.0345. The van der Waals surface area contributed by atoms with Crippen molar-refractivity contribution in [3.05, 3.63) is 55.9 Å². The number of amides is 1. The zero-order chi connectivity index (χ0) is 19.8. The molecule has 1 aliphatic heterocycles. The van der Waals surface area contributed by atoms with Crippen LogP contribution < -0.4 is 16.4 Å². The number of aromatic nitrogens is 1. The van der Waals surface area contributed by atoms with E-state index in [9.17, 15) is 18.4 Å². The van der Waals surface area contributed by atoms with E-state index >= 15 is 0 Å². The van der Waals surface area contributed by atoms with Crippen LogP contribution in [0.15, 0.2) is 27.5 Å². The van der Waals surface area contributed by atoms with E-state index in [-0.39, 0.29) is 16.9 Å². The quantitative estimate of drug-likeness (QED) is 0.654. The van der Waals surface area contributed by atoms with E-state index in [0.717, 1.165) is 12.8 Å². The summed E-state index contributed by atoms with van der Waals surface area (Å²) in [6.45, 7) is 0.717. The van der Waals surface area contributed by atoms with Crippen molar-refractivity contribution in [2.75, 3.05) is 11.9 Å². The summed E-state index contributed by atoms with van der Waals surface area (Å²) in [5.41, 5.74) is 1.50. The molecule has 0 saturated heterocycles.